The first kappa shape index (κ1) is 23.4. The van der Waals surface area contributed by atoms with Crippen LogP contribution < -0.4 is 5.32 Å². The van der Waals surface area contributed by atoms with Crippen LogP contribution >= 0.6 is 0 Å². The summed E-state index contributed by atoms with van der Waals surface area (Å²) in [5.41, 5.74) is -3.46. The topological polar surface area (TPSA) is 78.0 Å². The molecule has 1 atom stereocenters. The van der Waals surface area contributed by atoms with E-state index in [1.165, 1.54) is 0 Å². The van der Waals surface area contributed by atoms with Gasteiger partial charge in [0.25, 0.3) is 0 Å². The molecule has 0 saturated carbocycles. The Labute approximate surface area is 178 Å². The molecule has 0 unspecified atom stereocenters. The van der Waals surface area contributed by atoms with Crippen LogP contribution in [0.25, 0.3) is 22.2 Å². The van der Waals surface area contributed by atoms with Crippen molar-refractivity contribution in [1.82, 2.24) is 9.97 Å². The molecule has 5 nitrogen and oxygen atoms in total. The number of aromatic amines is 1. The molecule has 0 bridgehead atoms. The number of rotatable bonds is 5. The van der Waals surface area contributed by atoms with Gasteiger partial charge in [-0.05, 0) is 17.5 Å². The van der Waals surface area contributed by atoms with Crippen LogP contribution in [0.2, 0.25) is 0 Å². The quantitative estimate of drug-likeness (QED) is 0.411. The number of halogens is 6. The SMILES string of the molecule is CC(C)(C)[C@@H](CC(=O)O)Nc1nc(-c2c[nH]c3c(F)cc(F)cc23)c(C(F)(F)F)cc1F. The number of hydrogen-bond donors (Lipinski definition) is 3. The molecule has 2 aromatic heterocycles. The molecule has 3 aromatic rings. The van der Waals surface area contributed by atoms with E-state index in [2.05, 4.69) is 15.3 Å². The average Bonchev–Trinajstić information content (AvgIpc) is 3.04. The van der Waals surface area contributed by atoms with Gasteiger partial charge in [0.1, 0.15) is 11.6 Å². The monoisotopic (exact) mass is 459 g/mol. The van der Waals surface area contributed by atoms with Crippen molar-refractivity contribution in [1.29, 1.82) is 0 Å². The standard InChI is InChI=1S/C21H19F6N3O2/c1-20(2,3)15(7-16(31)32)29-19-14(24)6-12(21(25,26)27)17(30-19)11-8-28-18-10(11)4-9(22)5-13(18)23/h4-6,8,15,28H,7H2,1-3H3,(H,29,30)(H,31,32)/t15-/m1/s1. The van der Waals surface area contributed by atoms with Gasteiger partial charge >= 0.3 is 12.1 Å². The Morgan fingerprint density at radius 2 is 1.78 bits per heavy atom. The van der Waals surface area contributed by atoms with Crippen LogP contribution in [0.4, 0.5) is 32.2 Å². The van der Waals surface area contributed by atoms with Crippen molar-refractivity contribution in [2.75, 3.05) is 5.32 Å². The number of carbonyl (C=O) groups is 1. The third-order valence-corrected chi connectivity index (χ3v) is 4.98. The van der Waals surface area contributed by atoms with Gasteiger partial charge in [0.15, 0.2) is 11.6 Å². The number of carboxylic acids is 1. The van der Waals surface area contributed by atoms with Crippen LogP contribution in [-0.4, -0.2) is 27.1 Å². The second kappa shape index (κ2) is 8.03. The van der Waals surface area contributed by atoms with Gasteiger partial charge in [0.05, 0.1) is 23.2 Å². The van der Waals surface area contributed by atoms with Crippen molar-refractivity contribution in [3.8, 4) is 11.3 Å². The van der Waals surface area contributed by atoms with Gasteiger partial charge in [-0.2, -0.15) is 13.2 Å². The van der Waals surface area contributed by atoms with E-state index < -0.39 is 64.6 Å². The van der Waals surface area contributed by atoms with E-state index in [4.69, 9.17) is 5.11 Å². The van der Waals surface area contributed by atoms with Gasteiger partial charge < -0.3 is 15.4 Å². The second-order valence-electron chi connectivity index (χ2n) is 8.39. The van der Waals surface area contributed by atoms with E-state index in [0.29, 0.717) is 6.07 Å². The molecular formula is C21H19F6N3O2. The molecule has 0 fully saturated rings. The predicted molar refractivity (Wildman–Crippen MR) is 106 cm³/mol. The fraction of sp³-hybridized carbons (Fsp3) is 0.333. The third kappa shape index (κ3) is 4.66. The molecular weight excluding hydrogens is 440 g/mol. The lowest BCUT2D eigenvalue weighted by molar-refractivity contribution is -0.138. The highest BCUT2D eigenvalue weighted by Gasteiger charge is 2.37. The first-order valence-electron chi connectivity index (χ1n) is 9.41. The van der Waals surface area contributed by atoms with Gasteiger partial charge in [0.2, 0.25) is 0 Å². The minimum absolute atomic E-state index is 0.212. The number of H-pyrrole nitrogens is 1. The van der Waals surface area contributed by atoms with Crippen LogP contribution in [-0.2, 0) is 11.0 Å². The zero-order valence-electron chi connectivity index (χ0n) is 17.2. The summed E-state index contributed by atoms with van der Waals surface area (Å²) in [7, 11) is 0. The molecule has 0 aliphatic rings. The maximum atomic E-state index is 14.6. The number of benzene rings is 1. The fourth-order valence-electron chi connectivity index (χ4n) is 3.28. The minimum Gasteiger partial charge on any atom is -0.481 e. The van der Waals surface area contributed by atoms with E-state index >= 15 is 0 Å². The number of alkyl halides is 3. The first-order chi connectivity index (χ1) is 14.7. The molecule has 0 spiro atoms. The lowest BCUT2D eigenvalue weighted by atomic mass is 9.84. The highest BCUT2D eigenvalue weighted by molar-refractivity contribution is 5.96. The third-order valence-electron chi connectivity index (χ3n) is 4.98. The van der Waals surface area contributed by atoms with Gasteiger partial charge in [-0.1, -0.05) is 20.8 Å². The molecule has 0 aliphatic carbocycles. The molecule has 32 heavy (non-hydrogen) atoms. The van der Waals surface area contributed by atoms with E-state index in [1.54, 1.807) is 20.8 Å². The van der Waals surface area contributed by atoms with E-state index in [9.17, 15) is 31.1 Å². The summed E-state index contributed by atoms with van der Waals surface area (Å²) in [6.45, 7) is 5.01. The highest BCUT2D eigenvalue weighted by Crippen LogP contribution is 2.41. The maximum absolute atomic E-state index is 14.6. The Morgan fingerprint density at radius 1 is 1.12 bits per heavy atom. The number of hydrogen-bond acceptors (Lipinski definition) is 3. The average molecular weight is 459 g/mol. The molecule has 0 saturated heterocycles. The molecule has 172 valence electrons. The summed E-state index contributed by atoms with van der Waals surface area (Å²) >= 11 is 0. The van der Waals surface area contributed by atoms with Gasteiger partial charge in [-0.15, -0.1) is 0 Å². The van der Waals surface area contributed by atoms with Crippen LogP contribution in [0.1, 0.15) is 32.8 Å². The van der Waals surface area contributed by atoms with E-state index in [1.807, 2.05) is 0 Å². The largest absolute Gasteiger partial charge is 0.481 e. The number of aromatic nitrogens is 2. The van der Waals surface area contributed by atoms with Crippen molar-refractivity contribution < 1.29 is 36.2 Å². The Kier molecular flexibility index (Phi) is 5.88. The smallest absolute Gasteiger partial charge is 0.418 e. The van der Waals surface area contributed by atoms with Crippen molar-refractivity contribution in [3.05, 3.63) is 47.4 Å². The number of aliphatic carboxylic acids is 1. The molecule has 3 rings (SSSR count). The van der Waals surface area contributed by atoms with Crippen molar-refractivity contribution in [2.24, 2.45) is 5.41 Å². The number of fused-ring (bicyclic) bond motifs is 1. The maximum Gasteiger partial charge on any atom is 0.418 e. The Morgan fingerprint density at radius 3 is 2.34 bits per heavy atom. The molecule has 0 radical (unpaired) electrons. The predicted octanol–water partition coefficient (Wildman–Crippen LogP) is 5.97. The Hall–Kier alpha value is -3.24. The second-order valence-corrected chi connectivity index (χ2v) is 8.39. The normalized spacial score (nSPS) is 13.4. The van der Waals surface area contributed by atoms with Gasteiger partial charge in [-0.25, -0.2) is 18.2 Å². The van der Waals surface area contributed by atoms with Crippen molar-refractivity contribution >= 4 is 22.7 Å². The Balaban J connectivity index is 2.23. The number of pyridine rings is 1. The number of carboxylic acid groups (broad SMARTS) is 1. The molecule has 2 heterocycles. The number of nitrogens with zero attached hydrogens (tertiary/aromatic N) is 1. The number of anilines is 1. The Bertz CT molecular complexity index is 1180. The van der Waals surface area contributed by atoms with Crippen LogP contribution in [0, 0.1) is 22.9 Å². The lowest BCUT2D eigenvalue weighted by Crippen LogP contribution is -2.36. The summed E-state index contributed by atoms with van der Waals surface area (Å²) in [5.74, 6) is -5.19. The molecule has 0 amide bonds. The summed E-state index contributed by atoms with van der Waals surface area (Å²) in [6.07, 6.45) is -4.46. The van der Waals surface area contributed by atoms with Gasteiger partial charge in [0, 0.05) is 29.3 Å². The van der Waals surface area contributed by atoms with Gasteiger partial charge in [-0.3, -0.25) is 4.79 Å². The summed E-state index contributed by atoms with van der Waals surface area (Å²) in [5, 5.41) is 11.5. The molecule has 11 heteroatoms. The summed E-state index contributed by atoms with van der Waals surface area (Å²) in [4.78, 5) is 17.4. The van der Waals surface area contributed by atoms with Crippen LogP contribution in [0.5, 0.6) is 0 Å². The van der Waals surface area contributed by atoms with Crippen LogP contribution in [0.15, 0.2) is 24.4 Å². The van der Waals surface area contributed by atoms with Crippen LogP contribution in [0.3, 0.4) is 0 Å². The highest BCUT2D eigenvalue weighted by atomic mass is 19.4. The van der Waals surface area contributed by atoms with Crippen molar-refractivity contribution in [2.45, 2.75) is 39.4 Å². The first-order valence-corrected chi connectivity index (χ1v) is 9.41. The van der Waals surface area contributed by atoms with E-state index in [0.717, 1.165) is 12.3 Å². The zero-order valence-corrected chi connectivity index (χ0v) is 17.2. The zero-order chi connectivity index (χ0) is 24.0. The van der Waals surface area contributed by atoms with Crippen molar-refractivity contribution in [3.63, 3.8) is 0 Å². The lowest BCUT2D eigenvalue weighted by Gasteiger charge is -2.31. The molecule has 3 N–H and O–H groups in total. The fourth-order valence-corrected chi connectivity index (χ4v) is 3.28. The summed E-state index contributed by atoms with van der Waals surface area (Å²) < 4.78 is 83.4. The van der Waals surface area contributed by atoms with E-state index in [-0.39, 0.29) is 22.5 Å². The molecule has 1 aromatic carbocycles. The molecule has 0 aliphatic heterocycles. The minimum atomic E-state index is -5.03. The summed E-state index contributed by atoms with van der Waals surface area (Å²) in [6, 6.07) is 0.743. The number of nitrogens with one attached hydrogen (secondary N) is 2.